The van der Waals surface area contributed by atoms with Crippen molar-refractivity contribution in [3.63, 3.8) is 0 Å². The normalized spacial score (nSPS) is 31.4. The van der Waals surface area contributed by atoms with Crippen LogP contribution in [-0.4, -0.2) is 59.1 Å². The summed E-state index contributed by atoms with van der Waals surface area (Å²) < 4.78 is 22.0. The highest BCUT2D eigenvalue weighted by molar-refractivity contribution is 6.31. The topological polar surface area (TPSA) is 121 Å². The van der Waals surface area contributed by atoms with Crippen LogP contribution in [0.15, 0.2) is 30.5 Å². The number of hydrogen-bond donors (Lipinski definition) is 4. The first kappa shape index (κ1) is 30.8. The summed E-state index contributed by atoms with van der Waals surface area (Å²) in [6.07, 6.45) is 6.67. The second-order valence-electron chi connectivity index (χ2n) is 14.2. The van der Waals surface area contributed by atoms with E-state index in [4.69, 9.17) is 27.9 Å². The van der Waals surface area contributed by atoms with E-state index in [1.807, 2.05) is 6.07 Å². The average Bonchev–Trinajstić information content (AvgIpc) is 3.70. The quantitative estimate of drug-likeness (QED) is 0.344. The van der Waals surface area contributed by atoms with Gasteiger partial charge in [0, 0.05) is 34.4 Å². The first-order valence-electron chi connectivity index (χ1n) is 15.9. The average molecular weight is 659 g/mol. The summed E-state index contributed by atoms with van der Waals surface area (Å²) in [4.78, 5) is 45.4. The lowest BCUT2D eigenvalue weighted by Crippen LogP contribution is -2.61. The van der Waals surface area contributed by atoms with Gasteiger partial charge in [-0.1, -0.05) is 43.1 Å². The van der Waals surface area contributed by atoms with E-state index in [2.05, 4.69) is 40.1 Å². The van der Waals surface area contributed by atoms with Gasteiger partial charge < -0.3 is 20.7 Å². The summed E-state index contributed by atoms with van der Waals surface area (Å²) in [6.45, 7) is 4.58. The maximum absolute atomic E-state index is 16.1. The number of pyridine rings is 1. The van der Waals surface area contributed by atoms with Crippen LogP contribution in [0.1, 0.15) is 82.3 Å². The molecule has 45 heavy (non-hydrogen) atoms. The molecule has 0 radical (unpaired) electrons. The van der Waals surface area contributed by atoms with Gasteiger partial charge in [0.2, 0.25) is 17.7 Å². The Labute approximate surface area is 271 Å². The van der Waals surface area contributed by atoms with Gasteiger partial charge in [0.15, 0.2) is 11.0 Å². The zero-order valence-electron chi connectivity index (χ0n) is 25.4. The lowest BCUT2D eigenvalue weighted by molar-refractivity contribution is -0.137. The fourth-order valence-electron chi connectivity index (χ4n) is 8.21. The molecule has 9 nitrogen and oxygen atoms in total. The second-order valence-corrected chi connectivity index (χ2v) is 15.0. The van der Waals surface area contributed by atoms with Crippen LogP contribution in [0.5, 0.6) is 0 Å². The van der Waals surface area contributed by atoms with Gasteiger partial charge in [-0.3, -0.25) is 19.7 Å². The molecule has 0 unspecified atom stereocenters. The fraction of sp³-hybridized carbons (Fsp3) is 0.576. The number of rotatable bonds is 5. The minimum atomic E-state index is -1.34. The molecule has 2 spiro atoms. The van der Waals surface area contributed by atoms with E-state index in [0.29, 0.717) is 42.0 Å². The van der Waals surface area contributed by atoms with Crippen LogP contribution in [0.2, 0.25) is 10.2 Å². The van der Waals surface area contributed by atoms with Crippen molar-refractivity contribution in [2.75, 3.05) is 11.9 Å². The minimum absolute atomic E-state index is 0.0366. The summed E-state index contributed by atoms with van der Waals surface area (Å²) in [7, 11) is 0. The molecule has 2 aliphatic carbocycles. The minimum Gasteiger partial charge on any atom is -0.366 e. The highest BCUT2D eigenvalue weighted by Gasteiger charge is 2.73. The highest BCUT2D eigenvalue weighted by Crippen LogP contribution is 2.64. The number of ether oxygens (including phenoxy) is 1. The van der Waals surface area contributed by atoms with E-state index < -0.39 is 34.8 Å². The molecule has 7 rings (SSSR count). The van der Waals surface area contributed by atoms with Crippen molar-refractivity contribution in [2.45, 2.75) is 106 Å². The molecule has 12 heteroatoms. The lowest BCUT2D eigenvalue weighted by Gasteiger charge is -2.50. The van der Waals surface area contributed by atoms with Crippen molar-refractivity contribution in [3.8, 4) is 0 Å². The monoisotopic (exact) mass is 657 g/mol. The van der Waals surface area contributed by atoms with Crippen LogP contribution in [0.25, 0.3) is 0 Å². The summed E-state index contributed by atoms with van der Waals surface area (Å²) in [6, 6.07) is 5.70. The number of anilines is 1. The second kappa shape index (κ2) is 11.2. The van der Waals surface area contributed by atoms with Crippen molar-refractivity contribution in [1.82, 2.24) is 20.9 Å². The molecule has 2 saturated heterocycles. The van der Waals surface area contributed by atoms with Gasteiger partial charge in [-0.25, -0.2) is 9.37 Å². The Kier molecular flexibility index (Phi) is 7.66. The van der Waals surface area contributed by atoms with Crippen LogP contribution in [-0.2, 0) is 24.5 Å². The molecule has 0 bridgehead atoms. The zero-order chi connectivity index (χ0) is 31.7. The first-order chi connectivity index (χ1) is 21.4. The number of nitrogens with zero attached hydrogens (tertiary/aromatic N) is 1. The van der Waals surface area contributed by atoms with E-state index in [0.717, 1.165) is 25.7 Å². The predicted molar refractivity (Wildman–Crippen MR) is 168 cm³/mol. The number of benzene rings is 1. The number of carbonyl (C=O) groups excluding carboxylic acids is 3. The van der Waals surface area contributed by atoms with Crippen LogP contribution < -0.4 is 21.3 Å². The van der Waals surface area contributed by atoms with Crippen LogP contribution >= 0.6 is 23.2 Å². The Morgan fingerprint density at radius 1 is 1.00 bits per heavy atom. The molecule has 2 aromatic rings. The molecule has 1 aromatic carbocycles. The van der Waals surface area contributed by atoms with Crippen LogP contribution in [0.3, 0.4) is 0 Å². The number of nitrogens with one attached hydrogen (secondary N) is 4. The van der Waals surface area contributed by atoms with E-state index in [-0.39, 0.29) is 52.5 Å². The molecule has 2 saturated carbocycles. The lowest BCUT2D eigenvalue weighted by atomic mass is 9.53. The third-order valence-corrected chi connectivity index (χ3v) is 11.3. The van der Waals surface area contributed by atoms with Crippen molar-refractivity contribution in [1.29, 1.82) is 0 Å². The maximum Gasteiger partial charge on any atom is 0.249 e. The maximum atomic E-state index is 16.1. The molecular weight excluding hydrogens is 620 g/mol. The third kappa shape index (κ3) is 5.12. The number of fused-ring (bicyclic) bond motifs is 3. The number of amides is 3. The van der Waals surface area contributed by atoms with Gasteiger partial charge in [-0.05, 0) is 86.1 Å². The van der Waals surface area contributed by atoms with Crippen molar-refractivity contribution < 1.29 is 23.5 Å². The molecule has 3 aliphatic heterocycles. The molecule has 4 N–H and O–H groups in total. The molecular formula is C33H38Cl2FN5O4. The first-order valence-corrected chi connectivity index (χ1v) is 16.6. The van der Waals surface area contributed by atoms with Gasteiger partial charge in [0.1, 0.15) is 11.5 Å². The van der Waals surface area contributed by atoms with Gasteiger partial charge in [-0.2, -0.15) is 0 Å². The Balaban J connectivity index is 1.27. The molecule has 4 fully saturated rings. The number of carbonyl (C=O) groups is 3. The van der Waals surface area contributed by atoms with Gasteiger partial charge in [0.25, 0.3) is 0 Å². The number of aromatic nitrogens is 1. The van der Waals surface area contributed by atoms with E-state index >= 15 is 4.39 Å². The van der Waals surface area contributed by atoms with E-state index in [9.17, 15) is 14.4 Å². The predicted octanol–water partition coefficient (Wildman–Crippen LogP) is 4.75. The van der Waals surface area contributed by atoms with E-state index in [1.54, 1.807) is 12.1 Å². The fourth-order valence-corrected chi connectivity index (χ4v) is 8.55. The third-order valence-electron chi connectivity index (χ3n) is 10.8. The standard InChI is InChI=1S/C33H38Cl2FN5O4/c1-31(2)10-12-32(13-11-31)33(21-7-3-17(34)15-22(21)40-30(33)44)24(20-9-14-37-27(35)25(20)36)26(41-32)29(43)39-19-6-8-23(45-16-19)28(42)38-18-4-5-18/h3,7,9,14-15,18-19,23-24,26,41H,4-6,8,10-13,16H2,1-2H3,(H,38,42)(H,39,43)(H,40,44)/t19-,23+,24+,26-,33-/m1/s1. The van der Waals surface area contributed by atoms with Gasteiger partial charge in [-0.15, -0.1) is 0 Å². The molecule has 3 amide bonds. The smallest absolute Gasteiger partial charge is 0.249 e. The molecule has 4 heterocycles. The Bertz CT molecular complexity index is 1550. The van der Waals surface area contributed by atoms with Crippen molar-refractivity contribution in [3.05, 3.63) is 57.6 Å². The molecule has 5 atom stereocenters. The summed E-state index contributed by atoms with van der Waals surface area (Å²) in [5.41, 5.74) is -0.779. The number of halogens is 3. The summed E-state index contributed by atoms with van der Waals surface area (Å²) in [5, 5.41) is 12.9. The largest absolute Gasteiger partial charge is 0.366 e. The number of hydrogen-bond acceptors (Lipinski definition) is 6. The van der Waals surface area contributed by atoms with Gasteiger partial charge in [0.05, 0.1) is 18.7 Å². The van der Waals surface area contributed by atoms with Crippen molar-refractivity contribution >= 4 is 46.6 Å². The van der Waals surface area contributed by atoms with E-state index in [1.165, 1.54) is 12.3 Å². The Morgan fingerprint density at radius 2 is 1.71 bits per heavy atom. The summed E-state index contributed by atoms with van der Waals surface area (Å²) >= 11 is 12.6. The van der Waals surface area contributed by atoms with Gasteiger partial charge >= 0.3 is 0 Å². The molecule has 240 valence electrons. The SMILES string of the molecule is CC1(C)CCC2(CC1)N[C@@H](C(=O)N[C@@H]1CC[C@@H](C(=O)NC3CC3)OC1)[C@H](c1ccnc(Cl)c1F)[C@]21C(=O)Nc2cc(Cl)ccc21. The van der Waals surface area contributed by atoms with Crippen molar-refractivity contribution in [2.24, 2.45) is 5.41 Å². The summed E-state index contributed by atoms with van der Waals surface area (Å²) in [5.74, 6) is -2.48. The van der Waals surface area contributed by atoms with Crippen LogP contribution in [0.4, 0.5) is 10.1 Å². The Morgan fingerprint density at radius 3 is 2.40 bits per heavy atom. The Hall–Kier alpha value is -2.79. The molecule has 1 aromatic heterocycles. The zero-order valence-corrected chi connectivity index (χ0v) is 26.9. The highest BCUT2D eigenvalue weighted by atomic mass is 35.5. The molecule has 5 aliphatic rings. The van der Waals surface area contributed by atoms with Crippen LogP contribution in [0, 0.1) is 11.2 Å².